The van der Waals surface area contributed by atoms with E-state index in [0.717, 1.165) is 10.9 Å². The fraction of sp³-hybridized carbons (Fsp3) is 0.469. The number of aliphatic hydroxyl groups is 1. The van der Waals surface area contributed by atoms with Gasteiger partial charge in [-0.1, -0.05) is 29.4 Å². The number of nitrogen functional groups attached to an aromatic ring is 2. The highest BCUT2D eigenvalue weighted by Gasteiger charge is 2.50. The van der Waals surface area contributed by atoms with Crippen molar-refractivity contribution in [1.82, 2.24) is 34.4 Å². The van der Waals surface area contributed by atoms with Crippen LogP contribution in [-0.2, 0) is 53.1 Å². The molecule has 5 heterocycles. The Kier molecular flexibility index (Phi) is 15.1. The summed E-state index contributed by atoms with van der Waals surface area (Å²) in [5.74, 6) is -1.14. The van der Waals surface area contributed by atoms with Crippen LogP contribution in [0.15, 0.2) is 59.1 Å². The van der Waals surface area contributed by atoms with Gasteiger partial charge in [-0.25, -0.2) is 33.7 Å². The number of aromatic nitrogens is 6. The lowest BCUT2D eigenvalue weighted by Gasteiger charge is -2.24. The number of anilines is 2. The molecule has 4 aromatic rings. The second-order valence-corrected chi connectivity index (χ2v) is 16.4. The summed E-state index contributed by atoms with van der Waals surface area (Å²) in [6.45, 7) is -1.77. The minimum atomic E-state index is -5.21. The van der Waals surface area contributed by atoms with E-state index in [1.54, 1.807) is 24.3 Å². The van der Waals surface area contributed by atoms with Crippen molar-refractivity contribution in [3.8, 4) is 0 Å². The van der Waals surface area contributed by atoms with E-state index < -0.39 is 95.6 Å². The summed E-state index contributed by atoms with van der Waals surface area (Å²) in [5, 5.41) is 17.5. The van der Waals surface area contributed by atoms with Crippen LogP contribution in [0.5, 0.6) is 0 Å². The van der Waals surface area contributed by atoms with Gasteiger partial charge < -0.3 is 61.3 Å². The summed E-state index contributed by atoms with van der Waals surface area (Å²) < 4.78 is 64.7. The molecule has 1 amide bonds. The highest BCUT2D eigenvalue weighted by molar-refractivity contribution is 7.47. The van der Waals surface area contributed by atoms with Gasteiger partial charge in [-0.3, -0.25) is 27.5 Å². The van der Waals surface area contributed by atoms with Gasteiger partial charge in [0, 0.05) is 29.8 Å². The number of fused-ring (bicyclic) bond motifs is 1. The van der Waals surface area contributed by atoms with Crippen LogP contribution in [0.4, 0.5) is 22.1 Å². The monoisotopic (exact) mass is 925 g/mol. The molecule has 2 saturated heterocycles. The molecule has 0 saturated carbocycles. The van der Waals surface area contributed by atoms with Crippen LogP contribution in [0.2, 0.25) is 0 Å². The zero-order valence-corrected chi connectivity index (χ0v) is 34.3. The molecule has 63 heavy (non-hydrogen) atoms. The summed E-state index contributed by atoms with van der Waals surface area (Å²) in [7, 11) is -10.3. The number of nitrogens with two attached hydrogens (primary N) is 3. The number of alkyl carbamates (subject to hydrolysis) is 1. The Bertz CT molecular complexity index is 2470. The number of ether oxygens (including phenoxy) is 4. The van der Waals surface area contributed by atoms with Gasteiger partial charge in [0.25, 0.3) is 0 Å². The molecule has 9 atom stereocenters. The van der Waals surface area contributed by atoms with Crippen LogP contribution in [0.25, 0.3) is 21.6 Å². The van der Waals surface area contributed by atoms with Crippen LogP contribution in [0.1, 0.15) is 37.3 Å². The highest BCUT2D eigenvalue weighted by Crippen LogP contribution is 2.50. The third-order valence-electron chi connectivity index (χ3n) is 9.37. The average Bonchev–Trinajstić information content (AvgIpc) is 3.92. The van der Waals surface area contributed by atoms with Crippen molar-refractivity contribution < 1.29 is 71.0 Å². The Morgan fingerprint density at radius 1 is 1.05 bits per heavy atom. The number of nitrogens with zero attached hydrogens (tertiary/aromatic N) is 9. The molecule has 6 rings (SSSR count). The Morgan fingerprint density at radius 2 is 1.79 bits per heavy atom. The normalized spacial score (nSPS) is 23.7. The Labute approximate surface area is 353 Å². The molecule has 2 unspecified atom stereocenters. The molecule has 2 aliphatic heterocycles. The van der Waals surface area contributed by atoms with E-state index in [9.17, 15) is 43.3 Å². The predicted octanol–water partition coefficient (Wildman–Crippen LogP) is 0.292. The van der Waals surface area contributed by atoms with E-state index in [0.29, 0.717) is 11.3 Å². The van der Waals surface area contributed by atoms with Gasteiger partial charge in [0.05, 0.1) is 19.5 Å². The van der Waals surface area contributed by atoms with Gasteiger partial charge in [-0.05, 0) is 30.0 Å². The molecule has 1 aromatic carbocycles. The number of azide groups is 1. The van der Waals surface area contributed by atoms with E-state index in [4.69, 9.17) is 50.7 Å². The molecule has 0 radical (unpaired) electrons. The van der Waals surface area contributed by atoms with E-state index >= 15 is 0 Å². The Hall–Kier alpha value is -5.64. The maximum Gasteiger partial charge on any atom is 0.472 e. The SMILES string of the molecule is [N-]=[N+]=Nc1ccc(COC(=O)NCCCC(N)C(=O)O[C@H]2[C@@H](O)[C@H](n3cnc4c(N)ncnc43)O[C@H]2COP(=O)(O)O[C@H]2C[C@H](n3ccc(N)nc3=O)O[C@@H]2COP(=O)(O)O)cc1. The van der Waals surface area contributed by atoms with E-state index in [-0.39, 0.29) is 55.2 Å². The minimum Gasteiger partial charge on any atom is -0.455 e. The maximum atomic E-state index is 13.4. The molecule has 11 N–H and O–H groups in total. The average molecular weight is 926 g/mol. The molecule has 2 aliphatic rings. The molecule has 29 nitrogen and oxygen atoms in total. The summed E-state index contributed by atoms with van der Waals surface area (Å²) in [6, 6.07) is 6.31. The minimum absolute atomic E-state index is 0.000424. The standard InChI is InChI=1S/C32H41N13O16P2/c33-18(2-1-8-37-32(49)55-11-16-3-5-17(6-4-16)42-43-36)30(47)60-26-21(59-29(25(26)46)45-15-40-24-27(35)38-14-39-28(24)45)13-57-63(53,54)61-19-10-23(44-9-7-22(34)41-31(44)48)58-20(19)12-56-62(50,51)52/h3-7,9,14-15,18-21,23,25-26,29,46H,1-2,8,10-13,33H2,(H,37,49)(H,53,54)(H2,34,41,48)(H2,35,38,39)(H2,50,51,52)/t18?,19-,20+,21-,23+,25+,26+,29+/m0/s1. The molecule has 3 aromatic heterocycles. The highest BCUT2D eigenvalue weighted by atomic mass is 31.2. The zero-order valence-electron chi connectivity index (χ0n) is 32.5. The number of aliphatic hydroxyl groups excluding tert-OH is 1. The van der Waals surface area contributed by atoms with Crippen molar-refractivity contribution >= 4 is 56.2 Å². The van der Waals surface area contributed by atoms with Gasteiger partial charge in [-0.15, -0.1) is 0 Å². The fourth-order valence-electron chi connectivity index (χ4n) is 6.36. The van der Waals surface area contributed by atoms with E-state index in [1.165, 1.54) is 23.2 Å². The van der Waals surface area contributed by atoms with Gasteiger partial charge in [0.1, 0.15) is 61.0 Å². The number of imidazole rings is 1. The molecular weight excluding hydrogens is 884 g/mol. The summed E-state index contributed by atoms with van der Waals surface area (Å²) in [5.41, 5.74) is 26.5. The third-order valence-corrected chi connectivity index (χ3v) is 10.9. The first-order chi connectivity index (χ1) is 29.9. The Balaban J connectivity index is 1.09. The second-order valence-electron chi connectivity index (χ2n) is 13.7. The number of hydrogen-bond acceptors (Lipinski definition) is 21. The van der Waals surface area contributed by atoms with Gasteiger partial charge in [0.2, 0.25) is 0 Å². The molecule has 31 heteroatoms. The second kappa shape index (κ2) is 20.2. The van der Waals surface area contributed by atoms with Crippen molar-refractivity contribution in [3.05, 3.63) is 75.7 Å². The Morgan fingerprint density at radius 3 is 2.51 bits per heavy atom. The molecule has 0 bridgehead atoms. The summed E-state index contributed by atoms with van der Waals surface area (Å²) >= 11 is 0. The van der Waals surface area contributed by atoms with Gasteiger partial charge in [-0.2, -0.15) is 4.98 Å². The number of amides is 1. The zero-order chi connectivity index (χ0) is 45.5. The van der Waals surface area contributed by atoms with Crippen molar-refractivity contribution in [2.24, 2.45) is 10.8 Å². The van der Waals surface area contributed by atoms with Crippen molar-refractivity contribution in [1.29, 1.82) is 0 Å². The van der Waals surface area contributed by atoms with Crippen LogP contribution in [-0.4, -0.2) is 117 Å². The fourth-order valence-corrected chi connectivity index (χ4v) is 7.67. The predicted molar refractivity (Wildman–Crippen MR) is 210 cm³/mol. The lowest BCUT2D eigenvalue weighted by Crippen LogP contribution is -2.43. The van der Waals surface area contributed by atoms with Gasteiger partial charge in [0.15, 0.2) is 23.8 Å². The van der Waals surface area contributed by atoms with Crippen LogP contribution >= 0.6 is 15.6 Å². The lowest BCUT2D eigenvalue weighted by atomic mass is 10.1. The van der Waals surface area contributed by atoms with Crippen LogP contribution in [0.3, 0.4) is 0 Å². The van der Waals surface area contributed by atoms with Crippen molar-refractivity contribution in [3.63, 3.8) is 0 Å². The third kappa shape index (κ3) is 12.3. The smallest absolute Gasteiger partial charge is 0.455 e. The number of hydrogen-bond donors (Lipinski definition) is 8. The molecule has 2 fully saturated rings. The number of carbonyl (C=O) groups excluding carboxylic acids is 2. The first kappa shape index (κ1) is 46.9. The molecule has 0 aliphatic carbocycles. The number of phosphoric acid groups is 2. The quantitative estimate of drug-likeness (QED) is 0.0156. The number of nitrogens with one attached hydrogen (secondary N) is 1. The van der Waals surface area contributed by atoms with Crippen molar-refractivity contribution in [2.75, 3.05) is 31.2 Å². The first-order valence-corrected chi connectivity index (χ1v) is 21.6. The first-order valence-electron chi connectivity index (χ1n) is 18.5. The number of rotatable bonds is 19. The molecular formula is C32H41N13O16P2. The van der Waals surface area contributed by atoms with E-state index in [1.807, 2.05) is 0 Å². The van der Waals surface area contributed by atoms with Gasteiger partial charge >= 0.3 is 33.4 Å². The number of carbonyl (C=O) groups is 2. The van der Waals surface area contributed by atoms with Crippen LogP contribution < -0.4 is 28.2 Å². The van der Waals surface area contributed by atoms with E-state index in [2.05, 4.69) is 39.8 Å². The molecule has 340 valence electrons. The largest absolute Gasteiger partial charge is 0.472 e. The lowest BCUT2D eigenvalue weighted by molar-refractivity contribution is -0.158. The molecule has 0 spiro atoms. The number of benzene rings is 1. The van der Waals surface area contributed by atoms with Crippen LogP contribution in [0, 0.1) is 0 Å². The van der Waals surface area contributed by atoms with Crippen molar-refractivity contribution in [2.45, 2.75) is 74.9 Å². The maximum absolute atomic E-state index is 13.4. The number of phosphoric ester groups is 2. The topological polar surface area (TPSA) is 431 Å². The summed E-state index contributed by atoms with van der Waals surface area (Å²) in [4.78, 5) is 85.8. The summed E-state index contributed by atoms with van der Waals surface area (Å²) in [6.07, 6.45) is -7.78. The number of esters is 1.